The molecule has 2 N–H and O–H groups in total. The summed E-state index contributed by atoms with van der Waals surface area (Å²) in [6.07, 6.45) is -5.25. The van der Waals surface area contributed by atoms with Crippen LogP contribution < -0.4 is 15.4 Å². The van der Waals surface area contributed by atoms with E-state index in [0.29, 0.717) is 5.57 Å². The molecule has 0 aromatic carbocycles. The summed E-state index contributed by atoms with van der Waals surface area (Å²) in [6.45, 7) is 10.3. The van der Waals surface area contributed by atoms with Gasteiger partial charge in [0, 0.05) is 25.2 Å². The van der Waals surface area contributed by atoms with E-state index in [1.807, 2.05) is 0 Å². The van der Waals surface area contributed by atoms with Gasteiger partial charge in [0.1, 0.15) is 22.9 Å². The number of aliphatic imine (C=N–C) groups is 2. The molecule has 2 heterocycles. The number of carbonyl (C=O) groups is 2. The van der Waals surface area contributed by atoms with Crippen LogP contribution in [0, 0.1) is 0 Å². The number of piperidine rings is 1. The van der Waals surface area contributed by atoms with Crippen molar-refractivity contribution in [1.29, 1.82) is 0 Å². The molecule has 0 aliphatic carbocycles. The minimum atomic E-state index is -4.93. The van der Waals surface area contributed by atoms with E-state index in [9.17, 15) is 31.5 Å². The molecule has 1 atom stereocenters. The highest BCUT2D eigenvalue weighted by Crippen LogP contribution is 2.32. The molecule has 1 aromatic heterocycles. The number of alkyl carbamates (subject to hydrolysis) is 1. The maximum atomic E-state index is 14.3. The van der Waals surface area contributed by atoms with Crippen LogP contribution in [0.15, 0.2) is 39.6 Å². The Morgan fingerprint density at radius 3 is 2.49 bits per heavy atom. The molecule has 10 nitrogen and oxygen atoms in total. The molecule has 15 heteroatoms. The van der Waals surface area contributed by atoms with Gasteiger partial charge in [-0.15, -0.1) is 13.2 Å². The molecule has 1 aromatic rings. The Bertz CT molecular complexity index is 1130. The van der Waals surface area contributed by atoms with E-state index in [0.717, 1.165) is 23.2 Å². The molecule has 0 saturated carbocycles. The molecular weight excluding hydrogens is 531 g/mol. The summed E-state index contributed by atoms with van der Waals surface area (Å²) in [5, 5.41) is 5.03. The summed E-state index contributed by atoms with van der Waals surface area (Å²) in [5.41, 5.74) is -0.706. The van der Waals surface area contributed by atoms with Gasteiger partial charge < -0.3 is 25.0 Å². The Morgan fingerprint density at radius 2 is 1.92 bits per heavy atom. The fraction of sp³-hybridized carbons (Fsp3) is 0.542. The zero-order valence-corrected chi connectivity index (χ0v) is 22.2. The van der Waals surface area contributed by atoms with Crippen molar-refractivity contribution in [3.63, 3.8) is 0 Å². The number of pyridine rings is 1. The molecule has 2 amide bonds. The largest absolute Gasteiger partial charge is 0.573 e. The first-order valence-corrected chi connectivity index (χ1v) is 11.8. The lowest BCUT2D eigenvalue weighted by atomic mass is 9.98. The first-order valence-electron chi connectivity index (χ1n) is 11.8. The smallest absolute Gasteiger partial charge is 0.444 e. The summed E-state index contributed by atoms with van der Waals surface area (Å²) in [7, 11) is 0. The Labute approximate surface area is 222 Å². The summed E-state index contributed by atoms with van der Waals surface area (Å²) in [4.78, 5) is 38.1. The van der Waals surface area contributed by atoms with Gasteiger partial charge in [0.05, 0.1) is 12.6 Å². The molecule has 1 saturated heterocycles. The van der Waals surface area contributed by atoms with E-state index >= 15 is 0 Å². The number of nitrogens with zero attached hydrogens (tertiary/aromatic N) is 4. The van der Waals surface area contributed by atoms with Gasteiger partial charge in [0.15, 0.2) is 0 Å². The van der Waals surface area contributed by atoms with Gasteiger partial charge in [-0.2, -0.15) is 0 Å². The van der Waals surface area contributed by atoms with Crippen LogP contribution in [0.1, 0.15) is 47.5 Å². The van der Waals surface area contributed by atoms with Crippen LogP contribution in [-0.4, -0.2) is 71.6 Å². The number of alkyl halides is 5. The number of likely N-dealkylation sites (tertiary alicyclic amines) is 1. The van der Waals surface area contributed by atoms with Crippen molar-refractivity contribution >= 4 is 30.5 Å². The predicted octanol–water partition coefficient (Wildman–Crippen LogP) is 4.89. The van der Waals surface area contributed by atoms with Crippen molar-refractivity contribution in [2.24, 2.45) is 9.98 Å². The van der Waals surface area contributed by atoms with Gasteiger partial charge in [-0.05, 0) is 59.4 Å². The Hall–Kier alpha value is -3.78. The number of guanidine groups is 1. The molecule has 1 aliphatic rings. The fourth-order valence-electron chi connectivity index (χ4n) is 3.47. The van der Waals surface area contributed by atoms with E-state index in [4.69, 9.17) is 4.74 Å². The number of hydrogen-bond acceptors (Lipinski definition) is 6. The predicted molar refractivity (Wildman–Crippen MR) is 134 cm³/mol. The van der Waals surface area contributed by atoms with Gasteiger partial charge in [0.25, 0.3) is 11.8 Å². The summed E-state index contributed by atoms with van der Waals surface area (Å²) in [6, 6.07) is 1.10. The Morgan fingerprint density at radius 1 is 1.26 bits per heavy atom. The number of rotatable bonds is 6. The first kappa shape index (κ1) is 31.4. The topological polar surface area (TPSA) is 118 Å². The van der Waals surface area contributed by atoms with Crippen LogP contribution in [0.4, 0.5) is 32.6 Å². The maximum absolute atomic E-state index is 14.3. The second-order valence-corrected chi connectivity index (χ2v) is 9.86. The van der Waals surface area contributed by atoms with Crippen LogP contribution in [-0.2, 0) is 9.53 Å². The lowest BCUT2D eigenvalue weighted by Crippen LogP contribution is -2.55. The molecule has 216 valence electrons. The van der Waals surface area contributed by atoms with Crippen LogP contribution in [0.2, 0.25) is 0 Å². The number of aromatic nitrogens is 1. The van der Waals surface area contributed by atoms with Crippen molar-refractivity contribution < 1.29 is 41.0 Å². The van der Waals surface area contributed by atoms with Crippen molar-refractivity contribution in [2.45, 2.75) is 71.4 Å². The van der Waals surface area contributed by atoms with Gasteiger partial charge in [-0.3, -0.25) is 4.79 Å². The molecule has 0 radical (unpaired) electrons. The number of hydrogen-bond donors (Lipinski definition) is 2. The maximum Gasteiger partial charge on any atom is 0.573 e. The van der Waals surface area contributed by atoms with Crippen LogP contribution >= 0.6 is 0 Å². The van der Waals surface area contributed by atoms with Gasteiger partial charge >= 0.3 is 12.5 Å². The van der Waals surface area contributed by atoms with Gasteiger partial charge in [-0.1, -0.05) is 0 Å². The van der Waals surface area contributed by atoms with Crippen LogP contribution in [0.5, 0.6) is 5.75 Å². The molecule has 2 rings (SSSR count). The van der Waals surface area contributed by atoms with Crippen molar-refractivity contribution in [3.8, 4) is 5.75 Å². The quantitative estimate of drug-likeness (QED) is 0.221. The average Bonchev–Trinajstić information content (AvgIpc) is 2.77. The first-order chi connectivity index (χ1) is 17.9. The summed E-state index contributed by atoms with van der Waals surface area (Å²) >= 11 is 0. The van der Waals surface area contributed by atoms with Gasteiger partial charge in [0.2, 0.25) is 5.96 Å². The minimum absolute atomic E-state index is 0.102. The summed E-state index contributed by atoms with van der Waals surface area (Å²) in [5.74, 6) is -5.10. The molecule has 0 spiro atoms. The molecule has 0 unspecified atom stereocenters. The molecular formula is C24H31F5N6O4. The Kier molecular flexibility index (Phi) is 9.98. The number of amides is 2. The third-order valence-corrected chi connectivity index (χ3v) is 5.08. The van der Waals surface area contributed by atoms with Crippen LogP contribution in [0.25, 0.3) is 0 Å². The highest BCUT2D eigenvalue weighted by Gasteiger charge is 2.43. The second kappa shape index (κ2) is 12.4. The number of anilines is 1. The van der Waals surface area contributed by atoms with E-state index < -0.39 is 54.6 Å². The van der Waals surface area contributed by atoms with Crippen molar-refractivity contribution in [3.05, 3.63) is 29.6 Å². The average molecular weight is 563 g/mol. The third kappa shape index (κ3) is 10.5. The Balaban J connectivity index is 2.29. The molecule has 1 fully saturated rings. The molecule has 1 aliphatic heterocycles. The van der Waals surface area contributed by atoms with Crippen molar-refractivity contribution in [2.75, 3.05) is 18.4 Å². The zero-order chi connectivity index (χ0) is 29.6. The number of halogens is 5. The number of nitrogens with one attached hydrogen (secondary N) is 2. The SMILES string of the molecule is C=N/C(=N\C(C(=O)N1CC(F)(F)CC[C@@H]1CNC(=O)OC(C)(C)C)=C(C)C)Nc1cc(OC(F)(F)F)ccn1. The summed E-state index contributed by atoms with van der Waals surface area (Å²) < 4.78 is 75.3. The van der Waals surface area contributed by atoms with Gasteiger partial charge in [-0.25, -0.2) is 28.5 Å². The van der Waals surface area contributed by atoms with E-state index in [2.05, 4.69) is 37.1 Å². The van der Waals surface area contributed by atoms with E-state index in [1.165, 1.54) is 13.8 Å². The second-order valence-electron chi connectivity index (χ2n) is 9.86. The number of carbonyl (C=O) groups excluding carboxylic acids is 2. The normalized spacial score (nSPS) is 17.6. The molecule has 39 heavy (non-hydrogen) atoms. The number of ether oxygens (including phenoxy) is 2. The lowest BCUT2D eigenvalue weighted by molar-refractivity contribution is -0.274. The fourth-order valence-corrected chi connectivity index (χ4v) is 3.47. The van der Waals surface area contributed by atoms with Crippen molar-refractivity contribution in [1.82, 2.24) is 15.2 Å². The van der Waals surface area contributed by atoms with Crippen LogP contribution in [0.3, 0.4) is 0 Å². The standard InChI is InChI=1S/C24H31F5N6O4/c1-14(2)18(34-20(30-6)33-17-11-16(8-10-31-17)38-24(27,28)29)19(36)35-13-23(25,26)9-7-15(35)12-32-21(37)39-22(3,4)5/h8,10-11,15H,6-7,9,12-13H2,1-5H3,(H,32,37)(H,31,33,34)/t15-/m1/s1. The van der Waals surface area contributed by atoms with E-state index in [1.54, 1.807) is 20.8 Å². The lowest BCUT2D eigenvalue weighted by Gasteiger charge is -2.39. The monoisotopic (exact) mass is 562 g/mol. The zero-order valence-electron chi connectivity index (χ0n) is 22.2. The number of allylic oxidation sites excluding steroid dienone is 1. The highest BCUT2D eigenvalue weighted by atomic mass is 19.4. The minimum Gasteiger partial charge on any atom is -0.444 e. The van der Waals surface area contributed by atoms with E-state index in [-0.39, 0.29) is 30.4 Å². The highest BCUT2D eigenvalue weighted by molar-refractivity contribution is 6.02. The molecule has 0 bridgehead atoms. The third-order valence-electron chi connectivity index (χ3n) is 5.08.